The van der Waals surface area contributed by atoms with E-state index >= 15 is 0 Å². The van der Waals surface area contributed by atoms with Gasteiger partial charge in [-0.1, -0.05) is 35.8 Å². The Morgan fingerprint density at radius 3 is 2.76 bits per heavy atom. The number of Topliss-reactive ketones (excluding diaryl/α,β-unsaturated/α-hetero) is 1. The first-order valence-corrected chi connectivity index (χ1v) is 7.47. The Kier molecular flexibility index (Phi) is 6.20. The number of carbonyl (C=O) groups is 1. The van der Waals surface area contributed by atoms with Gasteiger partial charge in [-0.25, -0.2) is 4.39 Å². The molecule has 1 rings (SSSR count). The third-order valence-corrected chi connectivity index (χ3v) is 4.04. The van der Waals surface area contributed by atoms with Crippen LogP contribution >= 0.6 is 27.7 Å². The molecule has 0 bridgehead atoms. The molecular formula is C13H16BrFOS. The molecule has 1 aromatic carbocycles. The van der Waals surface area contributed by atoms with Gasteiger partial charge in [0.05, 0.1) is 5.75 Å². The lowest BCUT2D eigenvalue weighted by Crippen LogP contribution is -2.08. The van der Waals surface area contributed by atoms with Crippen LogP contribution in [0.5, 0.6) is 0 Å². The van der Waals surface area contributed by atoms with E-state index < -0.39 is 0 Å². The summed E-state index contributed by atoms with van der Waals surface area (Å²) in [7, 11) is 0. The standard InChI is InChI=1S/C13H16BrFOS/c1-9(2)7-17-8-12(16)5-10-3-4-11(14)6-13(10)15/h3-4,6,9H,5,7-8H2,1-2H3. The molecule has 0 unspecified atom stereocenters. The van der Waals surface area contributed by atoms with Crippen molar-refractivity contribution in [2.45, 2.75) is 20.3 Å². The highest BCUT2D eigenvalue weighted by molar-refractivity contribution is 9.10. The lowest BCUT2D eigenvalue weighted by molar-refractivity contribution is -0.116. The molecule has 1 nitrogen and oxygen atoms in total. The van der Waals surface area contributed by atoms with Crippen LogP contribution in [0, 0.1) is 11.7 Å². The van der Waals surface area contributed by atoms with E-state index in [2.05, 4.69) is 29.8 Å². The first kappa shape index (κ1) is 14.7. The van der Waals surface area contributed by atoms with Gasteiger partial charge in [0.2, 0.25) is 0 Å². The summed E-state index contributed by atoms with van der Waals surface area (Å²) < 4.78 is 14.2. The molecule has 0 aliphatic rings. The normalized spacial score (nSPS) is 10.9. The van der Waals surface area contributed by atoms with Crippen molar-refractivity contribution in [2.75, 3.05) is 11.5 Å². The summed E-state index contributed by atoms with van der Waals surface area (Å²) in [6.45, 7) is 4.23. The smallest absolute Gasteiger partial charge is 0.147 e. The van der Waals surface area contributed by atoms with E-state index in [0.717, 1.165) is 5.75 Å². The van der Waals surface area contributed by atoms with Crippen LogP contribution in [0.25, 0.3) is 0 Å². The number of hydrogen-bond donors (Lipinski definition) is 0. The summed E-state index contributed by atoms with van der Waals surface area (Å²) in [5.41, 5.74) is 0.475. The number of halogens is 2. The Labute approximate surface area is 114 Å². The van der Waals surface area contributed by atoms with E-state index in [1.54, 1.807) is 23.9 Å². The van der Waals surface area contributed by atoms with Crippen LogP contribution in [0.2, 0.25) is 0 Å². The van der Waals surface area contributed by atoms with Gasteiger partial charge in [-0.3, -0.25) is 4.79 Å². The number of ketones is 1. The van der Waals surface area contributed by atoms with Gasteiger partial charge >= 0.3 is 0 Å². The maximum absolute atomic E-state index is 13.5. The van der Waals surface area contributed by atoms with E-state index in [1.807, 2.05) is 0 Å². The third-order valence-electron chi connectivity index (χ3n) is 2.12. The van der Waals surface area contributed by atoms with Crippen LogP contribution in [0.3, 0.4) is 0 Å². The summed E-state index contributed by atoms with van der Waals surface area (Å²) in [4.78, 5) is 11.6. The van der Waals surface area contributed by atoms with E-state index in [1.165, 1.54) is 6.07 Å². The molecule has 0 N–H and O–H groups in total. The average Bonchev–Trinajstić information content (AvgIpc) is 2.21. The first-order valence-electron chi connectivity index (χ1n) is 5.52. The van der Waals surface area contributed by atoms with Crippen molar-refractivity contribution < 1.29 is 9.18 Å². The fourth-order valence-electron chi connectivity index (χ4n) is 1.34. The largest absolute Gasteiger partial charge is 0.298 e. The quantitative estimate of drug-likeness (QED) is 0.785. The Bertz CT molecular complexity index is 393. The van der Waals surface area contributed by atoms with Gasteiger partial charge < -0.3 is 0 Å². The highest BCUT2D eigenvalue weighted by Crippen LogP contribution is 2.16. The lowest BCUT2D eigenvalue weighted by atomic mass is 10.1. The molecule has 0 aliphatic heterocycles. The summed E-state index contributed by atoms with van der Waals surface area (Å²) in [6.07, 6.45) is 0.185. The molecule has 0 heterocycles. The van der Waals surface area contributed by atoms with Crippen LogP contribution in [-0.2, 0) is 11.2 Å². The molecule has 0 amide bonds. The Morgan fingerprint density at radius 1 is 1.47 bits per heavy atom. The molecule has 0 aromatic heterocycles. The monoisotopic (exact) mass is 318 g/mol. The molecule has 94 valence electrons. The van der Waals surface area contributed by atoms with Crippen LogP contribution in [0.4, 0.5) is 4.39 Å². The van der Waals surface area contributed by atoms with Gasteiger partial charge in [0, 0.05) is 10.9 Å². The minimum atomic E-state index is -0.318. The molecule has 0 fully saturated rings. The zero-order chi connectivity index (χ0) is 12.8. The van der Waals surface area contributed by atoms with Gasteiger partial charge in [0.25, 0.3) is 0 Å². The maximum atomic E-state index is 13.5. The maximum Gasteiger partial charge on any atom is 0.147 e. The Morgan fingerprint density at radius 2 is 2.18 bits per heavy atom. The van der Waals surface area contributed by atoms with E-state index in [4.69, 9.17) is 0 Å². The van der Waals surface area contributed by atoms with Gasteiger partial charge in [0.1, 0.15) is 11.6 Å². The Balaban J connectivity index is 2.45. The lowest BCUT2D eigenvalue weighted by Gasteiger charge is -2.05. The second kappa shape index (κ2) is 7.17. The summed E-state index contributed by atoms with van der Waals surface area (Å²) in [5.74, 6) is 1.78. The number of rotatable bonds is 6. The number of benzene rings is 1. The molecule has 0 radical (unpaired) electrons. The molecule has 0 spiro atoms. The molecule has 1 aromatic rings. The minimum Gasteiger partial charge on any atom is -0.298 e. The predicted molar refractivity (Wildman–Crippen MR) is 75.0 cm³/mol. The van der Waals surface area contributed by atoms with Crippen LogP contribution in [0.1, 0.15) is 19.4 Å². The average molecular weight is 319 g/mol. The molecule has 0 saturated carbocycles. The number of hydrogen-bond acceptors (Lipinski definition) is 2. The second-order valence-corrected chi connectivity index (χ2v) is 6.31. The van der Waals surface area contributed by atoms with Crippen molar-refractivity contribution in [3.05, 3.63) is 34.1 Å². The van der Waals surface area contributed by atoms with Gasteiger partial charge in [-0.2, -0.15) is 11.8 Å². The molecule has 0 aliphatic carbocycles. The van der Waals surface area contributed by atoms with Crippen molar-refractivity contribution in [3.8, 4) is 0 Å². The van der Waals surface area contributed by atoms with E-state index in [0.29, 0.717) is 21.7 Å². The van der Waals surface area contributed by atoms with Crippen molar-refractivity contribution in [1.29, 1.82) is 0 Å². The highest BCUT2D eigenvalue weighted by atomic mass is 79.9. The fourth-order valence-corrected chi connectivity index (χ4v) is 2.59. The third kappa shape index (κ3) is 5.68. The van der Waals surface area contributed by atoms with Crippen LogP contribution in [0.15, 0.2) is 22.7 Å². The summed E-state index contributed by atoms with van der Waals surface area (Å²) in [5, 5.41) is 0. The van der Waals surface area contributed by atoms with Crippen LogP contribution in [-0.4, -0.2) is 17.3 Å². The summed E-state index contributed by atoms with van der Waals surface area (Å²) >= 11 is 4.81. The first-order chi connectivity index (χ1) is 7.99. The zero-order valence-electron chi connectivity index (χ0n) is 10.0. The molecule has 0 saturated heterocycles. The fraction of sp³-hybridized carbons (Fsp3) is 0.462. The molecule has 4 heteroatoms. The number of carbonyl (C=O) groups excluding carboxylic acids is 1. The molecule has 17 heavy (non-hydrogen) atoms. The zero-order valence-corrected chi connectivity index (χ0v) is 12.4. The van der Waals surface area contributed by atoms with Gasteiger partial charge in [-0.05, 0) is 29.4 Å². The van der Waals surface area contributed by atoms with E-state index in [-0.39, 0.29) is 18.0 Å². The van der Waals surface area contributed by atoms with Gasteiger partial charge in [0.15, 0.2) is 0 Å². The molecular weight excluding hydrogens is 303 g/mol. The Hall–Kier alpha value is -0.350. The minimum absolute atomic E-state index is 0.0804. The van der Waals surface area contributed by atoms with Crippen molar-refractivity contribution in [2.24, 2.45) is 5.92 Å². The second-order valence-electron chi connectivity index (χ2n) is 4.36. The van der Waals surface area contributed by atoms with Crippen molar-refractivity contribution in [3.63, 3.8) is 0 Å². The predicted octanol–water partition coefficient (Wildman–Crippen LogP) is 4.09. The SMILES string of the molecule is CC(C)CSCC(=O)Cc1ccc(Br)cc1F. The number of thioether (sulfide) groups is 1. The van der Waals surface area contributed by atoms with E-state index in [9.17, 15) is 9.18 Å². The topological polar surface area (TPSA) is 17.1 Å². The van der Waals surface area contributed by atoms with Crippen LogP contribution < -0.4 is 0 Å². The molecule has 0 atom stereocenters. The van der Waals surface area contributed by atoms with Crippen molar-refractivity contribution in [1.82, 2.24) is 0 Å². The van der Waals surface area contributed by atoms with Gasteiger partial charge in [-0.15, -0.1) is 0 Å². The van der Waals surface area contributed by atoms with Crippen molar-refractivity contribution >= 4 is 33.5 Å². The summed E-state index contributed by atoms with van der Waals surface area (Å²) in [6, 6.07) is 4.81. The highest BCUT2D eigenvalue weighted by Gasteiger charge is 2.09.